The highest BCUT2D eigenvalue weighted by Crippen LogP contribution is 2.51. The van der Waals surface area contributed by atoms with Crippen molar-refractivity contribution < 1.29 is 31.5 Å². The van der Waals surface area contributed by atoms with Gasteiger partial charge < -0.3 is 10.1 Å². The summed E-state index contributed by atoms with van der Waals surface area (Å²) in [6.45, 7) is 4.95. The van der Waals surface area contributed by atoms with Crippen LogP contribution in [0.5, 0.6) is 0 Å². The van der Waals surface area contributed by atoms with Gasteiger partial charge in [-0.25, -0.2) is 0 Å². The molecule has 0 bridgehead atoms. The molecule has 0 spiro atoms. The van der Waals surface area contributed by atoms with E-state index in [1.54, 1.807) is 6.07 Å². The quantitative estimate of drug-likeness (QED) is 0.259. The van der Waals surface area contributed by atoms with Gasteiger partial charge in [0.25, 0.3) is 0 Å². The van der Waals surface area contributed by atoms with E-state index in [0.29, 0.717) is 31.6 Å². The second-order valence-electron chi connectivity index (χ2n) is 9.36. The zero-order valence-corrected chi connectivity index (χ0v) is 21.2. The molecule has 1 saturated heterocycles. The third-order valence-corrected chi connectivity index (χ3v) is 9.69. The Morgan fingerprint density at radius 1 is 1.08 bits per heavy atom. The highest BCUT2D eigenvalue weighted by molar-refractivity contribution is 8.29. The lowest BCUT2D eigenvalue weighted by Gasteiger charge is -2.42. The summed E-state index contributed by atoms with van der Waals surface area (Å²) in [6, 6.07) is 10.4. The summed E-state index contributed by atoms with van der Waals surface area (Å²) in [4.78, 5) is 18.3. The lowest BCUT2D eigenvalue weighted by Crippen LogP contribution is -2.49. The second-order valence-corrected chi connectivity index (χ2v) is 12.4. The van der Waals surface area contributed by atoms with Crippen molar-refractivity contribution in [3.8, 4) is 11.3 Å². The van der Waals surface area contributed by atoms with Gasteiger partial charge in [-0.1, -0.05) is 29.9 Å². The van der Waals surface area contributed by atoms with Gasteiger partial charge >= 0.3 is 18.1 Å². The summed E-state index contributed by atoms with van der Waals surface area (Å²) >= 11 is 0. The third-order valence-electron chi connectivity index (χ3n) is 6.44. The molecule has 2 heterocycles. The van der Waals surface area contributed by atoms with Gasteiger partial charge in [-0.2, -0.15) is 31.2 Å². The summed E-state index contributed by atoms with van der Waals surface area (Å²) in [7, 11) is -2.11. The number of benzene rings is 1. The van der Waals surface area contributed by atoms with Gasteiger partial charge in [0.2, 0.25) is 0 Å². The van der Waals surface area contributed by atoms with E-state index < -0.39 is 38.9 Å². The maximum atomic E-state index is 13.2. The Morgan fingerprint density at radius 3 is 2.19 bits per heavy atom. The number of rotatable bonds is 8. The molecule has 4 nitrogen and oxygen atoms in total. The van der Waals surface area contributed by atoms with Gasteiger partial charge in [-0.15, -0.1) is 0 Å². The number of nitrogens with one attached hydrogen (secondary N) is 1. The van der Waals surface area contributed by atoms with Crippen LogP contribution in [0.15, 0.2) is 47.5 Å². The molecule has 1 aromatic heterocycles. The van der Waals surface area contributed by atoms with E-state index in [9.17, 15) is 26.7 Å². The van der Waals surface area contributed by atoms with Crippen molar-refractivity contribution >= 4 is 26.9 Å². The smallest absolute Gasteiger partial charge is 0.453 e. The SMILES string of the molecule is C=S(=C)(c1ccc(-c2ccc(CCC(F)(F)C(F)(F)F)cn2)cc1)C1(C(=O)OC(C)C)CCNCC1. The predicted octanol–water partition coefficient (Wildman–Crippen LogP) is 5.98. The van der Waals surface area contributed by atoms with Crippen LogP contribution in [-0.4, -0.2) is 58.7 Å². The highest BCUT2D eigenvalue weighted by Gasteiger charge is 2.56. The number of carbonyl (C=O) groups excluding carboxylic acids is 1. The fourth-order valence-corrected chi connectivity index (χ4v) is 6.67. The number of carbonyl (C=O) groups is 1. The molecule has 1 fully saturated rings. The topological polar surface area (TPSA) is 51.2 Å². The van der Waals surface area contributed by atoms with Gasteiger partial charge in [0.05, 0.1) is 11.8 Å². The van der Waals surface area contributed by atoms with Crippen LogP contribution in [0.3, 0.4) is 0 Å². The molecule has 0 unspecified atom stereocenters. The van der Waals surface area contributed by atoms with Crippen LogP contribution in [0.25, 0.3) is 11.3 Å². The number of halogens is 5. The van der Waals surface area contributed by atoms with Gasteiger partial charge in [0, 0.05) is 18.2 Å². The van der Waals surface area contributed by atoms with Gasteiger partial charge in [0.1, 0.15) is 4.75 Å². The third kappa shape index (κ3) is 5.75. The fourth-order valence-electron chi connectivity index (χ4n) is 4.20. The molecular weight excluding hydrogens is 499 g/mol. The Kier molecular flexibility index (Phi) is 8.20. The number of alkyl halides is 5. The molecule has 1 aliphatic heterocycles. The summed E-state index contributed by atoms with van der Waals surface area (Å²) in [5, 5.41) is 3.28. The van der Waals surface area contributed by atoms with Crippen molar-refractivity contribution in [1.29, 1.82) is 0 Å². The number of piperidine rings is 1. The zero-order chi connectivity index (χ0) is 26.8. The van der Waals surface area contributed by atoms with Crippen LogP contribution < -0.4 is 5.32 Å². The summed E-state index contributed by atoms with van der Waals surface area (Å²) in [5.74, 6) is 3.82. The predicted molar refractivity (Wildman–Crippen MR) is 135 cm³/mol. The average molecular weight is 531 g/mol. The Labute approximate surface area is 208 Å². The van der Waals surface area contributed by atoms with E-state index in [0.717, 1.165) is 10.5 Å². The first-order chi connectivity index (χ1) is 16.7. The van der Waals surface area contributed by atoms with Gasteiger partial charge in [-0.05, 0) is 74.9 Å². The first kappa shape index (κ1) is 28.1. The molecular formula is C26H31F5N2O2S. The second kappa shape index (κ2) is 10.5. The Bertz CT molecular complexity index is 1150. The van der Waals surface area contributed by atoms with Crippen molar-refractivity contribution in [2.24, 2.45) is 0 Å². The van der Waals surface area contributed by atoms with E-state index >= 15 is 0 Å². The molecule has 1 aromatic carbocycles. The summed E-state index contributed by atoms with van der Waals surface area (Å²) in [5.41, 5.74) is 1.55. The standard InChI is InChI=1S/C26H31F5N2O2S/c1-18(2)35-23(34)24(13-15-32-16-14-24)36(3,4)21-8-6-20(7-9-21)22-10-5-19(17-33-22)11-12-25(27,28)26(29,30)31/h5-10,17-18,32H,3-4,11-16H2,1-2H3. The van der Waals surface area contributed by atoms with Crippen LogP contribution in [0, 0.1) is 0 Å². The Morgan fingerprint density at radius 2 is 1.69 bits per heavy atom. The van der Waals surface area contributed by atoms with E-state index in [1.807, 2.05) is 38.1 Å². The monoisotopic (exact) mass is 530 g/mol. The lowest BCUT2D eigenvalue weighted by molar-refractivity contribution is -0.284. The maximum absolute atomic E-state index is 13.2. The number of hydrogen-bond donors (Lipinski definition) is 1. The molecule has 1 N–H and O–H groups in total. The van der Waals surface area contributed by atoms with Crippen molar-refractivity contribution in [3.63, 3.8) is 0 Å². The minimum Gasteiger partial charge on any atom is -0.462 e. The van der Waals surface area contributed by atoms with Crippen LogP contribution >= 0.6 is 9.21 Å². The average Bonchev–Trinajstić information content (AvgIpc) is 2.82. The van der Waals surface area contributed by atoms with Gasteiger partial charge in [-0.3, -0.25) is 9.78 Å². The van der Waals surface area contributed by atoms with Crippen LogP contribution in [0.2, 0.25) is 0 Å². The molecule has 0 amide bonds. The van der Waals surface area contributed by atoms with E-state index in [4.69, 9.17) is 4.74 Å². The fraction of sp³-hybridized carbons (Fsp3) is 0.462. The minimum atomic E-state index is -5.57. The molecule has 0 saturated carbocycles. The Hall–Kier alpha value is -2.46. The first-order valence-corrected chi connectivity index (χ1v) is 13.6. The van der Waals surface area contributed by atoms with Gasteiger partial charge in [0.15, 0.2) is 0 Å². The molecule has 36 heavy (non-hydrogen) atoms. The largest absolute Gasteiger partial charge is 0.462 e. The maximum Gasteiger partial charge on any atom is 0.453 e. The van der Waals surface area contributed by atoms with Crippen molar-refractivity contribution in [1.82, 2.24) is 10.3 Å². The van der Waals surface area contributed by atoms with Crippen molar-refractivity contribution in [2.75, 3.05) is 13.1 Å². The summed E-state index contributed by atoms with van der Waals surface area (Å²) in [6.07, 6.45) is -5.16. The number of ether oxygens (including phenoxy) is 1. The molecule has 1 aliphatic rings. The van der Waals surface area contributed by atoms with E-state index in [1.165, 1.54) is 12.3 Å². The zero-order valence-electron chi connectivity index (χ0n) is 20.3. The lowest BCUT2D eigenvalue weighted by atomic mass is 9.97. The number of pyridine rings is 1. The number of hydrogen-bond acceptors (Lipinski definition) is 4. The number of aryl methyl sites for hydroxylation is 1. The normalized spacial score (nSPS) is 16.7. The number of esters is 1. The summed E-state index contributed by atoms with van der Waals surface area (Å²) < 4.78 is 68.3. The van der Waals surface area contributed by atoms with Crippen LogP contribution in [-0.2, 0) is 16.0 Å². The number of aromatic nitrogens is 1. The molecule has 10 heteroatoms. The number of nitrogens with zero attached hydrogens (tertiary/aromatic N) is 1. The first-order valence-electron chi connectivity index (χ1n) is 11.6. The molecule has 0 atom stereocenters. The molecule has 0 aliphatic carbocycles. The van der Waals surface area contributed by atoms with Crippen molar-refractivity contribution in [2.45, 2.75) is 67.4 Å². The van der Waals surface area contributed by atoms with Crippen molar-refractivity contribution in [3.05, 3.63) is 48.2 Å². The van der Waals surface area contributed by atoms with Crippen LogP contribution in [0.1, 0.15) is 38.7 Å². The van der Waals surface area contributed by atoms with E-state index in [-0.39, 0.29) is 17.6 Å². The van der Waals surface area contributed by atoms with Crippen LogP contribution in [0.4, 0.5) is 22.0 Å². The molecule has 198 valence electrons. The van der Waals surface area contributed by atoms with E-state index in [2.05, 4.69) is 22.0 Å². The highest BCUT2D eigenvalue weighted by atomic mass is 32.2. The molecule has 3 rings (SSSR count). The Balaban J connectivity index is 1.79. The molecule has 2 aromatic rings. The minimum absolute atomic E-state index is 0.254. The molecule has 0 radical (unpaired) electrons.